The number of benzene rings is 1. The van der Waals surface area contributed by atoms with Gasteiger partial charge in [-0.25, -0.2) is 8.78 Å². The number of morpholine rings is 1. The Bertz CT molecular complexity index is 387. The SMILES string of the molecule is NCC1CN(Cc2cccc(F)c2F)CCO1. The van der Waals surface area contributed by atoms with Gasteiger partial charge in [0.05, 0.1) is 12.7 Å². The Kier molecular flexibility index (Phi) is 4.04. The predicted molar refractivity (Wildman–Crippen MR) is 60.4 cm³/mol. The molecule has 2 N–H and O–H groups in total. The van der Waals surface area contributed by atoms with Crippen LogP contribution in [0.25, 0.3) is 0 Å². The van der Waals surface area contributed by atoms with Gasteiger partial charge in [-0.15, -0.1) is 0 Å². The summed E-state index contributed by atoms with van der Waals surface area (Å²) >= 11 is 0. The molecule has 1 aromatic carbocycles. The summed E-state index contributed by atoms with van der Waals surface area (Å²) in [6, 6.07) is 4.25. The molecule has 0 radical (unpaired) electrons. The second-order valence-corrected chi connectivity index (χ2v) is 4.18. The molecule has 1 aliphatic heterocycles. The van der Waals surface area contributed by atoms with Gasteiger partial charge in [-0.1, -0.05) is 12.1 Å². The van der Waals surface area contributed by atoms with Gasteiger partial charge in [0.2, 0.25) is 0 Å². The van der Waals surface area contributed by atoms with E-state index in [1.807, 2.05) is 4.90 Å². The van der Waals surface area contributed by atoms with Gasteiger partial charge in [0.25, 0.3) is 0 Å². The molecule has 1 aromatic rings. The summed E-state index contributed by atoms with van der Waals surface area (Å²) in [5, 5.41) is 0. The molecule has 1 unspecified atom stereocenters. The monoisotopic (exact) mass is 242 g/mol. The van der Waals surface area contributed by atoms with Crippen LogP contribution in [0.15, 0.2) is 18.2 Å². The van der Waals surface area contributed by atoms with Crippen molar-refractivity contribution < 1.29 is 13.5 Å². The second kappa shape index (κ2) is 5.53. The summed E-state index contributed by atoms with van der Waals surface area (Å²) in [7, 11) is 0. The van der Waals surface area contributed by atoms with Crippen molar-refractivity contribution in [3.05, 3.63) is 35.4 Å². The molecule has 0 bridgehead atoms. The minimum absolute atomic E-state index is 0.0135. The average Bonchev–Trinajstić information content (AvgIpc) is 2.35. The van der Waals surface area contributed by atoms with Crippen LogP contribution in [-0.2, 0) is 11.3 Å². The molecular formula is C12H16F2N2O. The molecule has 0 aliphatic carbocycles. The highest BCUT2D eigenvalue weighted by atomic mass is 19.2. The van der Waals surface area contributed by atoms with Crippen molar-refractivity contribution in [1.29, 1.82) is 0 Å². The van der Waals surface area contributed by atoms with E-state index in [2.05, 4.69) is 0 Å². The quantitative estimate of drug-likeness (QED) is 0.863. The molecule has 94 valence electrons. The number of rotatable bonds is 3. The fourth-order valence-corrected chi connectivity index (χ4v) is 1.98. The maximum absolute atomic E-state index is 13.5. The Morgan fingerprint density at radius 3 is 3.00 bits per heavy atom. The van der Waals surface area contributed by atoms with Crippen LogP contribution in [0.4, 0.5) is 8.78 Å². The van der Waals surface area contributed by atoms with E-state index in [-0.39, 0.29) is 6.10 Å². The van der Waals surface area contributed by atoms with Crippen molar-refractivity contribution in [1.82, 2.24) is 4.90 Å². The van der Waals surface area contributed by atoms with Gasteiger partial charge in [-0.2, -0.15) is 0 Å². The number of nitrogens with two attached hydrogens (primary N) is 1. The van der Waals surface area contributed by atoms with Crippen molar-refractivity contribution in [3.63, 3.8) is 0 Å². The van der Waals surface area contributed by atoms with Gasteiger partial charge >= 0.3 is 0 Å². The first-order valence-electron chi connectivity index (χ1n) is 5.67. The van der Waals surface area contributed by atoms with E-state index in [0.717, 1.165) is 6.07 Å². The first kappa shape index (κ1) is 12.4. The molecule has 1 saturated heterocycles. The normalized spacial score (nSPS) is 21.7. The molecule has 3 nitrogen and oxygen atoms in total. The molecule has 5 heteroatoms. The minimum atomic E-state index is -0.800. The second-order valence-electron chi connectivity index (χ2n) is 4.18. The Morgan fingerprint density at radius 2 is 2.24 bits per heavy atom. The van der Waals surface area contributed by atoms with Crippen molar-refractivity contribution in [2.45, 2.75) is 12.6 Å². The lowest BCUT2D eigenvalue weighted by Crippen LogP contribution is -2.45. The molecular weight excluding hydrogens is 226 g/mol. The van der Waals surface area contributed by atoms with Crippen LogP contribution in [0, 0.1) is 11.6 Å². The Morgan fingerprint density at radius 1 is 1.41 bits per heavy atom. The Balaban J connectivity index is 2.02. The number of hydrogen-bond donors (Lipinski definition) is 1. The molecule has 1 atom stereocenters. The predicted octanol–water partition coefficient (Wildman–Crippen LogP) is 1.12. The summed E-state index contributed by atoms with van der Waals surface area (Å²) in [4.78, 5) is 2.03. The maximum atomic E-state index is 13.5. The third kappa shape index (κ3) is 3.00. The van der Waals surface area contributed by atoms with E-state index in [4.69, 9.17) is 10.5 Å². The Hall–Kier alpha value is -1.04. The van der Waals surface area contributed by atoms with Gasteiger partial charge in [0.15, 0.2) is 11.6 Å². The molecule has 0 amide bonds. The number of ether oxygens (including phenoxy) is 1. The van der Waals surface area contributed by atoms with E-state index in [1.54, 1.807) is 6.07 Å². The average molecular weight is 242 g/mol. The van der Waals surface area contributed by atoms with Crippen molar-refractivity contribution >= 4 is 0 Å². The van der Waals surface area contributed by atoms with Gasteiger partial charge < -0.3 is 10.5 Å². The number of halogens is 2. The maximum Gasteiger partial charge on any atom is 0.163 e. The van der Waals surface area contributed by atoms with Gasteiger partial charge in [-0.05, 0) is 6.07 Å². The van der Waals surface area contributed by atoms with Crippen LogP contribution < -0.4 is 5.73 Å². The van der Waals surface area contributed by atoms with Crippen LogP contribution in [0.5, 0.6) is 0 Å². The highest BCUT2D eigenvalue weighted by Gasteiger charge is 2.20. The van der Waals surface area contributed by atoms with Crippen LogP contribution in [0.2, 0.25) is 0 Å². The standard InChI is InChI=1S/C12H16F2N2O/c13-11-3-1-2-9(12(11)14)7-16-4-5-17-10(6-15)8-16/h1-3,10H,4-8,15H2. The first-order valence-corrected chi connectivity index (χ1v) is 5.67. The van der Waals surface area contributed by atoms with E-state index >= 15 is 0 Å². The Labute approximate surface area is 99.2 Å². The van der Waals surface area contributed by atoms with Crippen molar-refractivity contribution in [2.75, 3.05) is 26.2 Å². The molecule has 1 heterocycles. The summed E-state index contributed by atoms with van der Waals surface area (Å²) < 4.78 is 31.9. The number of hydrogen-bond acceptors (Lipinski definition) is 3. The summed E-state index contributed by atoms with van der Waals surface area (Å²) in [6.07, 6.45) is -0.0135. The van der Waals surface area contributed by atoms with Gasteiger partial charge in [-0.3, -0.25) is 4.90 Å². The molecule has 1 fully saturated rings. The van der Waals surface area contributed by atoms with Crippen LogP contribution >= 0.6 is 0 Å². The van der Waals surface area contributed by atoms with Crippen LogP contribution in [0.3, 0.4) is 0 Å². The topological polar surface area (TPSA) is 38.5 Å². The number of nitrogens with zero attached hydrogens (tertiary/aromatic N) is 1. The first-order chi connectivity index (χ1) is 8.20. The van der Waals surface area contributed by atoms with E-state index in [1.165, 1.54) is 6.07 Å². The van der Waals surface area contributed by atoms with Crippen molar-refractivity contribution in [3.8, 4) is 0 Å². The van der Waals surface area contributed by atoms with Crippen LogP contribution in [-0.4, -0.2) is 37.2 Å². The lowest BCUT2D eigenvalue weighted by Gasteiger charge is -2.32. The fraction of sp³-hybridized carbons (Fsp3) is 0.500. The molecule has 0 aromatic heterocycles. The molecule has 2 rings (SSSR count). The highest BCUT2D eigenvalue weighted by molar-refractivity contribution is 5.18. The molecule has 1 aliphatic rings. The van der Waals surface area contributed by atoms with Crippen molar-refractivity contribution in [2.24, 2.45) is 5.73 Å². The van der Waals surface area contributed by atoms with E-state index in [0.29, 0.717) is 38.3 Å². The third-order valence-electron chi connectivity index (χ3n) is 2.91. The smallest absolute Gasteiger partial charge is 0.163 e. The van der Waals surface area contributed by atoms with Crippen LogP contribution in [0.1, 0.15) is 5.56 Å². The van der Waals surface area contributed by atoms with Gasteiger partial charge in [0.1, 0.15) is 0 Å². The largest absolute Gasteiger partial charge is 0.374 e. The lowest BCUT2D eigenvalue weighted by atomic mass is 10.1. The zero-order chi connectivity index (χ0) is 12.3. The molecule has 0 spiro atoms. The minimum Gasteiger partial charge on any atom is -0.374 e. The molecule has 0 saturated carbocycles. The fourth-order valence-electron chi connectivity index (χ4n) is 1.98. The zero-order valence-electron chi connectivity index (χ0n) is 9.53. The zero-order valence-corrected chi connectivity index (χ0v) is 9.53. The summed E-state index contributed by atoms with van der Waals surface area (Å²) in [6.45, 7) is 2.79. The summed E-state index contributed by atoms with van der Waals surface area (Å²) in [5.41, 5.74) is 5.90. The van der Waals surface area contributed by atoms with E-state index < -0.39 is 11.6 Å². The summed E-state index contributed by atoms with van der Waals surface area (Å²) in [5.74, 6) is -1.56. The molecule has 17 heavy (non-hydrogen) atoms. The lowest BCUT2D eigenvalue weighted by molar-refractivity contribution is -0.0263. The van der Waals surface area contributed by atoms with E-state index in [9.17, 15) is 8.78 Å². The third-order valence-corrected chi connectivity index (χ3v) is 2.91. The van der Waals surface area contributed by atoms with Gasteiger partial charge in [0, 0.05) is 31.7 Å². The highest BCUT2D eigenvalue weighted by Crippen LogP contribution is 2.15.